The van der Waals surface area contributed by atoms with E-state index < -0.39 is 0 Å². The lowest BCUT2D eigenvalue weighted by Crippen LogP contribution is -2.43. The average molecular weight is 431 g/mol. The van der Waals surface area contributed by atoms with Gasteiger partial charge in [0.05, 0.1) is 0 Å². The first-order chi connectivity index (χ1) is 14.9. The number of aromatic nitrogens is 1. The molecule has 158 valence electrons. The number of benzene rings is 2. The van der Waals surface area contributed by atoms with Crippen LogP contribution in [-0.2, 0) is 5.41 Å². The highest BCUT2D eigenvalue weighted by Gasteiger charge is 2.31. The number of rotatable bonds is 5. The Balaban J connectivity index is 1.47. The quantitative estimate of drug-likeness (QED) is 0.508. The molecule has 1 aliphatic carbocycles. The number of hydrogen-bond donors (Lipinski definition) is 3. The molecule has 2 heterocycles. The lowest BCUT2D eigenvalue weighted by Gasteiger charge is -2.32. The van der Waals surface area contributed by atoms with Crippen LogP contribution in [0.25, 0.3) is 22.3 Å². The SMILES string of the molecule is CC1(C)CNC(=O)c2ccc(-c3cc(-c4ccc(SNC5CC5)cc4)cnc3N)cc21. The molecule has 31 heavy (non-hydrogen) atoms. The number of carbonyl (C=O) groups is 1. The summed E-state index contributed by atoms with van der Waals surface area (Å²) in [5, 5.41) is 2.97. The van der Waals surface area contributed by atoms with Crippen molar-refractivity contribution in [3.63, 3.8) is 0 Å². The molecule has 0 saturated heterocycles. The largest absolute Gasteiger partial charge is 0.383 e. The maximum Gasteiger partial charge on any atom is 0.251 e. The van der Waals surface area contributed by atoms with Crippen molar-refractivity contribution < 1.29 is 4.79 Å². The Labute approximate surface area is 187 Å². The molecule has 0 spiro atoms. The molecule has 1 aliphatic heterocycles. The van der Waals surface area contributed by atoms with E-state index in [1.807, 2.05) is 18.3 Å². The van der Waals surface area contributed by atoms with Crippen molar-refractivity contribution >= 4 is 23.7 Å². The minimum Gasteiger partial charge on any atom is -0.383 e. The van der Waals surface area contributed by atoms with Crippen LogP contribution in [0, 0.1) is 0 Å². The van der Waals surface area contributed by atoms with Crippen molar-refractivity contribution in [3.05, 3.63) is 65.9 Å². The fourth-order valence-corrected chi connectivity index (χ4v) is 4.70. The van der Waals surface area contributed by atoms with Crippen LogP contribution in [0.15, 0.2) is 59.6 Å². The summed E-state index contributed by atoms with van der Waals surface area (Å²) in [5.74, 6) is 0.470. The summed E-state index contributed by atoms with van der Waals surface area (Å²) in [6.07, 6.45) is 4.37. The monoisotopic (exact) mass is 430 g/mol. The molecule has 1 aromatic heterocycles. The van der Waals surface area contributed by atoms with Crippen molar-refractivity contribution in [2.45, 2.75) is 43.0 Å². The highest BCUT2D eigenvalue weighted by atomic mass is 32.2. The van der Waals surface area contributed by atoms with Crippen LogP contribution in [-0.4, -0.2) is 23.5 Å². The number of carbonyl (C=O) groups excluding carboxylic acids is 1. The normalized spacial score (nSPS) is 17.2. The number of nitrogen functional groups attached to an aromatic ring is 1. The molecule has 5 nitrogen and oxygen atoms in total. The van der Waals surface area contributed by atoms with Crippen LogP contribution in [0.4, 0.5) is 5.82 Å². The van der Waals surface area contributed by atoms with Crippen LogP contribution >= 0.6 is 11.9 Å². The van der Waals surface area contributed by atoms with Gasteiger partial charge in [-0.2, -0.15) is 0 Å². The van der Waals surface area contributed by atoms with Crippen LogP contribution in [0.3, 0.4) is 0 Å². The molecule has 3 aromatic rings. The van der Waals surface area contributed by atoms with Crippen LogP contribution < -0.4 is 15.8 Å². The highest BCUT2D eigenvalue weighted by Crippen LogP contribution is 2.36. The topological polar surface area (TPSA) is 80.0 Å². The molecule has 0 unspecified atom stereocenters. The Kier molecular flexibility index (Phi) is 4.99. The average Bonchev–Trinajstić information content (AvgIpc) is 3.60. The molecule has 5 rings (SSSR count). The van der Waals surface area contributed by atoms with E-state index in [2.05, 4.69) is 65.3 Å². The van der Waals surface area contributed by atoms with Gasteiger partial charge in [0.15, 0.2) is 0 Å². The maximum absolute atomic E-state index is 12.3. The highest BCUT2D eigenvalue weighted by molar-refractivity contribution is 7.97. The number of nitrogens with one attached hydrogen (secondary N) is 2. The van der Waals surface area contributed by atoms with Gasteiger partial charge in [0, 0.05) is 45.8 Å². The summed E-state index contributed by atoms with van der Waals surface area (Å²) >= 11 is 1.69. The third kappa shape index (κ3) is 4.05. The molecule has 2 aliphatic rings. The first kappa shape index (κ1) is 20.1. The molecule has 0 atom stereocenters. The standard InChI is InChI=1S/C25H26N4OS/c1-25(2)14-28-24(30)20-10-5-16(12-22(20)25)21-11-17(13-27-23(21)26)15-3-8-19(9-4-15)31-29-18-6-7-18/h3-5,8-13,18,29H,6-7,14H2,1-2H3,(H2,26,27)(H,28,30). The number of nitrogens with zero attached hydrogens (tertiary/aromatic N) is 1. The lowest BCUT2D eigenvalue weighted by molar-refractivity contribution is 0.0930. The van der Waals surface area contributed by atoms with Crippen LogP contribution in [0.1, 0.15) is 42.6 Å². The van der Waals surface area contributed by atoms with Gasteiger partial charge in [-0.3, -0.25) is 9.52 Å². The molecule has 0 radical (unpaired) electrons. The van der Waals surface area contributed by atoms with E-state index in [0.717, 1.165) is 33.4 Å². The number of anilines is 1. The van der Waals surface area contributed by atoms with Crippen molar-refractivity contribution in [3.8, 4) is 22.3 Å². The molecule has 1 amide bonds. The van der Waals surface area contributed by atoms with Gasteiger partial charge >= 0.3 is 0 Å². The second-order valence-electron chi connectivity index (χ2n) is 9.00. The number of hydrogen-bond acceptors (Lipinski definition) is 5. The van der Waals surface area contributed by atoms with Crippen molar-refractivity contribution in [1.29, 1.82) is 0 Å². The first-order valence-electron chi connectivity index (χ1n) is 10.6. The summed E-state index contributed by atoms with van der Waals surface area (Å²) in [6.45, 7) is 4.91. The van der Waals surface area contributed by atoms with Crippen LogP contribution in [0.5, 0.6) is 0 Å². The summed E-state index contributed by atoms with van der Waals surface area (Å²) < 4.78 is 3.46. The van der Waals surface area contributed by atoms with Crippen molar-refractivity contribution in [2.24, 2.45) is 0 Å². The zero-order valence-electron chi connectivity index (χ0n) is 17.7. The Morgan fingerprint density at radius 2 is 1.77 bits per heavy atom. The zero-order valence-corrected chi connectivity index (χ0v) is 18.6. The maximum atomic E-state index is 12.3. The van der Waals surface area contributed by atoms with Gasteiger partial charge in [-0.05, 0) is 71.8 Å². The number of pyridine rings is 1. The fraction of sp³-hybridized carbons (Fsp3) is 0.280. The van der Waals surface area contributed by atoms with E-state index in [9.17, 15) is 4.79 Å². The van der Waals surface area contributed by atoms with Crippen molar-refractivity contribution in [2.75, 3.05) is 12.3 Å². The van der Waals surface area contributed by atoms with Gasteiger partial charge in [0.1, 0.15) is 5.82 Å². The number of nitrogens with two attached hydrogens (primary N) is 1. The summed E-state index contributed by atoms with van der Waals surface area (Å²) in [7, 11) is 0. The minimum atomic E-state index is -0.138. The summed E-state index contributed by atoms with van der Waals surface area (Å²) in [4.78, 5) is 18.0. The fourth-order valence-electron chi connectivity index (χ4n) is 3.89. The number of amides is 1. The molecule has 6 heteroatoms. The van der Waals surface area contributed by atoms with E-state index in [0.29, 0.717) is 18.4 Å². The first-order valence-corrected chi connectivity index (χ1v) is 11.4. The molecule has 1 fully saturated rings. The van der Waals surface area contributed by atoms with Gasteiger partial charge in [0.25, 0.3) is 5.91 Å². The van der Waals surface area contributed by atoms with E-state index >= 15 is 0 Å². The molecular weight excluding hydrogens is 404 g/mol. The molecular formula is C25H26N4OS. The van der Waals surface area contributed by atoms with E-state index in [1.54, 1.807) is 11.9 Å². The summed E-state index contributed by atoms with van der Waals surface area (Å²) in [6, 6.07) is 17.2. The lowest BCUT2D eigenvalue weighted by atomic mass is 9.78. The van der Waals surface area contributed by atoms with Gasteiger partial charge in [-0.25, -0.2) is 4.98 Å². The van der Waals surface area contributed by atoms with E-state index in [4.69, 9.17) is 5.73 Å². The van der Waals surface area contributed by atoms with Crippen LogP contribution in [0.2, 0.25) is 0 Å². The second kappa shape index (κ2) is 7.70. The van der Waals surface area contributed by atoms with Crippen molar-refractivity contribution in [1.82, 2.24) is 15.0 Å². The minimum absolute atomic E-state index is 0.0187. The van der Waals surface area contributed by atoms with Gasteiger partial charge in [0.2, 0.25) is 0 Å². The Bertz CT molecular complexity index is 1150. The predicted molar refractivity (Wildman–Crippen MR) is 127 cm³/mol. The molecule has 4 N–H and O–H groups in total. The Morgan fingerprint density at radius 1 is 1.03 bits per heavy atom. The third-order valence-electron chi connectivity index (χ3n) is 6.02. The summed E-state index contributed by atoms with van der Waals surface area (Å²) in [5.41, 5.74) is 11.9. The Hall–Kier alpha value is -2.83. The third-order valence-corrected chi connectivity index (χ3v) is 6.98. The molecule has 1 saturated carbocycles. The molecule has 2 aromatic carbocycles. The van der Waals surface area contributed by atoms with E-state index in [1.165, 1.54) is 17.7 Å². The molecule has 0 bridgehead atoms. The second-order valence-corrected chi connectivity index (χ2v) is 9.91. The smallest absolute Gasteiger partial charge is 0.251 e. The predicted octanol–water partition coefficient (Wildman–Crippen LogP) is 4.78. The van der Waals surface area contributed by atoms with Gasteiger partial charge < -0.3 is 11.1 Å². The van der Waals surface area contributed by atoms with Gasteiger partial charge in [-0.1, -0.05) is 32.0 Å². The van der Waals surface area contributed by atoms with E-state index in [-0.39, 0.29) is 11.3 Å². The Morgan fingerprint density at radius 3 is 2.52 bits per heavy atom. The van der Waals surface area contributed by atoms with Gasteiger partial charge in [-0.15, -0.1) is 0 Å². The number of fused-ring (bicyclic) bond motifs is 1. The zero-order chi connectivity index (χ0) is 21.6.